The van der Waals surface area contributed by atoms with Gasteiger partial charge in [0, 0.05) is 6.54 Å². The first kappa shape index (κ1) is 15.3. The Morgan fingerprint density at radius 1 is 1.24 bits per heavy atom. The van der Waals surface area contributed by atoms with Gasteiger partial charge in [-0.15, -0.1) is 10.5 Å². The molecule has 2 aromatic carbocycles. The Kier molecular flexibility index (Phi) is 5.51. The Labute approximate surface area is 130 Å². The predicted molar refractivity (Wildman–Crippen MR) is 90.7 cm³/mol. The third kappa shape index (κ3) is 3.92. The van der Waals surface area contributed by atoms with Crippen LogP contribution >= 0.6 is 12.2 Å². The number of hydrazine groups is 1. The highest BCUT2D eigenvalue weighted by Crippen LogP contribution is 2.26. The van der Waals surface area contributed by atoms with Gasteiger partial charge in [-0.25, -0.2) is 0 Å². The summed E-state index contributed by atoms with van der Waals surface area (Å²) in [6.07, 6.45) is 1.87. The zero-order valence-electron chi connectivity index (χ0n) is 12.3. The van der Waals surface area contributed by atoms with Gasteiger partial charge in [0.15, 0.2) is 0 Å². The highest BCUT2D eigenvalue weighted by molar-refractivity contribution is 7.80. The van der Waals surface area contributed by atoms with Gasteiger partial charge in [-0.2, -0.15) is 0 Å². The molecule has 2 aromatic rings. The van der Waals surface area contributed by atoms with Crippen molar-refractivity contribution in [2.75, 3.05) is 13.2 Å². The molecule has 0 bridgehead atoms. The third-order valence-corrected chi connectivity index (χ3v) is 3.22. The second-order valence-corrected chi connectivity index (χ2v) is 4.81. The monoisotopic (exact) mass is 302 g/mol. The van der Waals surface area contributed by atoms with E-state index in [2.05, 4.69) is 34.0 Å². The molecule has 0 saturated heterocycles. The van der Waals surface area contributed by atoms with Crippen molar-refractivity contribution in [3.05, 3.63) is 42.0 Å². The summed E-state index contributed by atoms with van der Waals surface area (Å²) < 4.78 is 5.70. The first-order valence-electron chi connectivity index (χ1n) is 7.03. The van der Waals surface area contributed by atoms with E-state index >= 15 is 0 Å². The Bertz CT molecular complexity index is 655. The van der Waals surface area contributed by atoms with E-state index in [4.69, 9.17) is 17.0 Å². The standard InChI is InChI=1S/C16H19N3OS/c1-3-17-16(21)19-18-11-14-13-8-6-5-7-12(13)9-10-15(14)20-4-2/h5-11H,3-4H2,1-2H3,(H2,17,19,21)/p+1. The van der Waals surface area contributed by atoms with E-state index in [1.807, 2.05) is 38.3 Å². The molecule has 0 aliphatic rings. The van der Waals surface area contributed by atoms with Crippen molar-refractivity contribution in [1.29, 1.82) is 0 Å². The fraction of sp³-hybridized carbons (Fsp3) is 0.250. The highest BCUT2D eigenvalue weighted by Gasteiger charge is 2.09. The molecule has 0 aliphatic heterocycles. The Morgan fingerprint density at radius 2 is 2.05 bits per heavy atom. The first-order valence-corrected chi connectivity index (χ1v) is 7.44. The van der Waals surface area contributed by atoms with Gasteiger partial charge in [-0.1, -0.05) is 30.3 Å². The minimum atomic E-state index is 0.562. The van der Waals surface area contributed by atoms with Crippen molar-refractivity contribution >= 4 is 34.3 Å². The molecule has 0 heterocycles. The summed E-state index contributed by atoms with van der Waals surface area (Å²) in [6.45, 7) is 5.38. The molecule has 0 unspecified atom stereocenters. The minimum absolute atomic E-state index is 0.562. The molecular weight excluding hydrogens is 282 g/mol. The van der Waals surface area contributed by atoms with Crippen molar-refractivity contribution in [3.8, 4) is 5.75 Å². The van der Waals surface area contributed by atoms with E-state index in [0.717, 1.165) is 23.2 Å². The van der Waals surface area contributed by atoms with Crippen LogP contribution in [0.1, 0.15) is 19.4 Å². The van der Waals surface area contributed by atoms with Gasteiger partial charge in [0.2, 0.25) is 11.3 Å². The maximum atomic E-state index is 5.70. The van der Waals surface area contributed by atoms with Crippen LogP contribution in [0.15, 0.2) is 36.4 Å². The SMILES string of the molecule is CCNC(=S)N[NH+]=Cc1c(OCC)ccc2ccccc12. The van der Waals surface area contributed by atoms with Gasteiger partial charge in [-0.3, -0.25) is 0 Å². The summed E-state index contributed by atoms with van der Waals surface area (Å²) in [5.74, 6) is 0.847. The Hall–Kier alpha value is -2.14. The number of ether oxygens (including phenoxy) is 1. The molecule has 110 valence electrons. The van der Waals surface area contributed by atoms with E-state index in [1.165, 1.54) is 5.39 Å². The van der Waals surface area contributed by atoms with Gasteiger partial charge in [0.25, 0.3) is 0 Å². The summed E-state index contributed by atoms with van der Waals surface area (Å²) in [7, 11) is 0. The number of fused-ring (bicyclic) bond motifs is 1. The highest BCUT2D eigenvalue weighted by atomic mass is 32.1. The molecule has 0 amide bonds. The van der Waals surface area contributed by atoms with Gasteiger partial charge >= 0.3 is 0 Å². The topological polar surface area (TPSA) is 47.3 Å². The second-order valence-electron chi connectivity index (χ2n) is 4.40. The number of hydrogen-bond donors (Lipinski definition) is 3. The van der Waals surface area contributed by atoms with E-state index < -0.39 is 0 Å². The number of benzene rings is 2. The first-order chi connectivity index (χ1) is 10.3. The van der Waals surface area contributed by atoms with Gasteiger partial charge < -0.3 is 10.1 Å². The van der Waals surface area contributed by atoms with Crippen LogP contribution in [0.25, 0.3) is 10.8 Å². The zero-order valence-corrected chi connectivity index (χ0v) is 13.1. The van der Waals surface area contributed by atoms with Gasteiger partial charge in [-0.05, 0) is 42.9 Å². The van der Waals surface area contributed by atoms with E-state index in [1.54, 1.807) is 0 Å². The molecule has 0 radical (unpaired) electrons. The van der Waals surface area contributed by atoms with Crippen LogP contribution in [-0.4, -0.2) is 24.5 Å². The van der Waals surface area contributed by atoms with Crippen molar-refractivity contribution in [2.24, 2.45) is 0 Å². The molecule has 0 atom stereocenters. The van der Waals surface area contributed by atoms with E-state index in [0.29, 0.717) is 11.7 Å². The number of nitrogens with one attached hydrogen (secondary N) is 3. The van der Waals surface area contributed by atoms with Gasteiger partial charge in [0.1, 0.15) is 5.75 Å². The molecule has 0 aliphatic carbocycles. The van der Waals surface area contributed by atoms with Crippen molar-refractivity contribution in [2.45, 2.75) is 13.8 Å². The van der Waals surface area contributed by atoms with Crippen LogP contribution in [0.2, 0.25) is 0 Å². The largest absolute Gasteiger partial charge is 0.493 e. The van der Waals surface area contributed by atoms with Crippen LogP contribution in [0.5, 0.6) is 5.75 Å². The minimum Gasteiger partial charge on any atom is -0.493 e. The maximum absolute atomic E-state index is 5.70. The van der Waals surface area contributed by atoms with Crippen LogP contribution in [-0.2, 0) is 0 Å². The summed E-state index contributed by atoms with van der Waals surface area (Å²) in [5.41, 5.74) is 3.93. The molecular formula is C16H20N3OS+. The van der Waals surface area contributed by atoms with Crippen molar-refractivity contribution in [1.82, 2.24) is 10.7 Å². The van der Waals surface area contributed by atoms with Crippen LogP contribution < -0.4 is 20.6 Å². The normalized spacial score (nSPS) is 10.8. The zero-order chi connectivity index (χ0) is 15.1. The molecule has 0 fully saturated rings. The van der Waals surface area contributed by atoms with Gasteiger partial charge in [0.05, 0.1) is 12.2 Å². The Balaban J connectivity index is 2.32. The van der Waals surface area contributed by atoms with Crippen LogP contribution in [0.3, 0.4) is 0 Å². The number of hydrogen-bond acceptors (Lipinski definition) is 2. The third-order valence-electron chi connectivity index (χ3n) is 2.97. The lowest BCUT2D eigenvalue weighted by atomic mass is 10.0. The summed E-state index contributed by atoms with van der Waals surface area (Å²) >= 11 is 5.11. The molecule has 21 heavy (non-hydrogen) atoms. The smallest absolute Gasteiger partial charge is 0.223 e. The number of hydrazone groups is 1. The lowest BCUT2D eigenvalue weighted by Crippen LogP contribution is -2.82. The summed E-state index contributed by atoms with van der Waals surface area (Å²) in [6, 6.07) is 12.3. The maximum Gasteiger partial charge on any atom is 0.223 e. The second kappa shape index (κ2) is 7.59. The molecule has 0 spiro atoms. The van der Waals surface area contributed by atoms with Crippen LogP contribution in [0, 0.1) is 0 Å². The average Bonchev–Trinajstić information content (AvgIpc) is 2.49. The molecule has 2 rings (SSSR count). The van der Waals surface area contributed by atoms with Crippen LogP contribution in [0.4, 0.5) is 0 Å². The number of thiocarbonyl (C=S) groups is 1. The molecule has 5 heteroatoms. The molecule has 3 N–H and O–H groups in total. The Morgan fingerprint density at radius 3 is 2.81 bits per heavy atom. The molecule has 0 saturated carbocycles. The lowest BCUT2D eigenvalue weighted by molar-refractivity contribution is -0.500. The quantitative estimate of drug-likeness (QED) is 0.440. The lowest BCUT2D eigenvalue weighted by Gasteiger charge is -2.08. The fourth-order valence-electron chi connectivity index (χ4n) is 2.08. The van der Waals surface area contributed by atoms with Crippen molar-refractivity contribution in [3.63, 3.8) is 0 Å². The molecule has 4 nitrogen and oxygen atoms in total. The summed E-state index contributed by atoms with van der Waals surface area (Å²) in [5, 5.41) is 8.90. The fourth-order valence-corrected chi connectivity index (χ4v) is 2.29. The molecule has 0 aromatic heterocycles. The predicted octanol–water partition coefficient (Wildman–Crippen LogP) is 1.14. The average molecular weight is 302 g/mol. The number of rotatable bonds is 5. The van der Waals surface area contributed by atoms with Crippen molar-refractivity contribution < 1.29 is 9.84 Å². The van der Waals surface area contributed by atoms with E-state index in [-0.39, 0.29) is 0 Å². The van der Waals surface area contributed by atoms with E-state index in [9.17, 15) is 0 Å². The summed E-state index contributed by atoms with van der Waals surface area (Å²) in [4.78, 5) is 0.